The predicted octanol–water partition coefficient (Wildman–Crippen LogP) is 2.65. The second-order valence-electron chi connectivity index (χ2n) is 5.48. The van der Waals surface area contributed by atoms with Crippen molar-refractivity contribution in [1.82, 2.24) is 19.9 Å². The van der Waals surface area contributed by atoms with Crippen LogP contribution in [0.15, 0.2) is 52.2 Å². The van der Waals surface area contributed by atoms with Gasteiger partial charge in [0, 0.05) is 16.4 Å². The molecule has 2 aromatic heterocycles. The minimum absolute atomic E-state index is 0.0878. The SMILES string of the molecule is Cc1cc(Br)ccc1NC(=O)CNC(=O)CSc1nnc2ccccn12. The van der Waals surface area contributed by atoms with Gasteiger partial charge in [0.1, 0.15) is 0 Å². The van der Waals surface area contributed by atoms with Crippen LogP contribution in [0.2, 0.25) is 0 Å². The maximum absolute atomic E-state index is 12.0. The van der Waals surface area contributed by atoms with Crippen LogP contribution in [0.25, 0.3) is 5.65 Å². The summed E-state index contributed by atoms with van der Waals surface area (Å²) in [6, 6.07) is 11.2. The van der Waals surface area contributed by atoms with Crippen molar-refractivity contribution in [3.63, 3.8) is 0 Å². The van der Waals surface area contributed by atoms with Gasteiger partial charge in [0.05, 0.1) is 12.3 Å². The Morgan fingerprint density at radius 1 is 1.19 bits per heavy atom. The Labute approximate surface area is 162 Å². The molecule has 0 atom stereocenters. The van der Waals surface area contributed by atoms with Crippen LogP contribution in [-0.2, 0) is 9.59 Å². The molecule has 0 unspecified atom stereocenters. The van der Waals surface area contributed by atoms with Crippen molar-refractivity contribution in [3.05, 3.63) is 52.6 Å². The Morgan fingerprint density at radius 2 is 2.04 bits per heavy atom. The van der Waals surface area contributed by atoms with Crippen LogP contribution in [0.1, 0.15) is 5.56 Å². The molecule has 134 valence electrons. The number of carbonyl (C=O) groups is 2. The number of rotatable bonds is 6. The van der Waals surface area contributed by atoms with E-state index in [1.54, 1.807) is 4.40 Å². The first-order valence-corrected chi connectivity index (χ1v) is 9.56. The molecule has 2 N–H and O–H groups in total. The molecular weight excluding hydrogens is 418 g/mol. The molecule has 0 spiro atoms. The smallest absolute Gasteiger partial charge is 0.243 e. The Balaban J connectivity index is 1.47. The van der Waals surface area contributed by atoms with Gasteiger partial charge in [-0.15, -0.1) is 10.2 Å². The van der Waals surface area contributed by atoms with Crippen LogP contribution in [0.4, 0.5) is 5.69 Å². The number of amides is 2. The number of nitrogens with zero attached hydrogens (tertiary/aromatic N) is 3. The van der Waals surface area contributed by atoms with E-state index in [0.717, 1.165) is 21.4 Å². The number of halogens is 1. The number of benzene rings is 1. The van der Waals surface area contributed by atoms with Gasteiger partial charge in [0.2, 0.25) is 11.8 Å². The Morgan fingerprint density at radius 3 is 2.85 bits per heavy atom. The normalized spacial score (nSPS) is 10.7. The third kappa shape index (κ3) is 4.61. The number of hydrogen-bond donors (Lipinski definition) is 2. The van der Waals surface area contributed by atoms with Gasteiger partial charge >= 0.3 is 0 Å². The van der Waals surface area contributed by atoms with E-state index in [4.69, 9.17) is 0 Å². The van der Waals surface area contributed by atoms with Crippen molar-refractivity contribution in [2.24, 2.45) is 0 Å². The van der Waals surface area contributed by atoms with Crippen molar-refractivity contribution < 1.29 is 9.59 Å². The summed E-state index contributed by atoms with van der Waals surface area (Å²) in [6.45, 7) is 1.81. The summed E-state index contributed by atoms with van der Waals surface area (Å²) in [5.41, 5.74) is 2.38. The first-order valence-electron chi connectivity index (χ1n) is 7.78. The summed E-state index contributed by atoms with van der Waals surface area (Å²) in [4.78, 5) is 24.0. The number of aryl methyl sites for hydroxylation is 1. The van der Waals surface area contributed by atoms with Crippen molar-refractivity contribution >= 4 is 50.8 Å². The van der Waals surface area contributed by atoms with Gasteiger partial charge in [-0.2, -0.15) is 0 Å². The molecule has 0 saturated heterocycles. The monoisotopic (exact) mass is 433 g/mol. The number of thioether (sulfide) groups is 1. The second-order valence-corrected chi connectivity index (χ2v) is 7.34. The fourth-order valence-electron chi connectivity index (χ4n) is 2.24. The third-order valence-corrected chi connectivity index (χ3v) is 4.96. The lowest BCUT2D eigenvalue weighted by Gasteiger charge is -2.09. The molecule has 0 radical (unpaired) electrons. The molecule has 26 heavy (non-hydrogen) atoms. The zero-order chi connectivity index (χ0) is 18.5. The standard InChI is InChI=1S/C17H16BrN5O2S/c1-11-8-12(18)5-6-13(11)20-15(24)9-19-16(25)10-26-17-22-21-14-4-2-3-7-23(14)17/h2-8H,9-10H2,1H3,(H,19,25)(H,20,24). The second kappa shape index (κ2) is 8.33. The number of anilines is 1. The number of aromatic nitrogens is 3. The molecule has 0 saturated carbocycles. The molecule has 0 aliphatic carbocycles. The zero-order valence-corrected chi connectivity index (χ0v) is 16.3. The molecule has 0 aliphatic rings. The molecule has 1 aromatic carbocycles. The predicted molar refractivity (Wildman–Crippen MR) is 104 cm³/mol. The molecule has 0 aliphatic heterocycles. The molecule has 0 fully saturated rings. The van der Waals surface area contributed by atoms with E-state index in [1.165, 1.54) is 11.8 Å². The molecular formula is C17H16BrN5O2S. The first kappa shape index (κ1) is 18.4. The van der Waals surface area contributed by atoms with Crippen LogP contribution in [0.5, 0.6) is 0 Å². The van der Waals surface area contributed by atoms with E-state index in [2.05, 4.69) is 36.8 Å². The minimum Gasteiger partial charge on any atom is -0.346 e. The lowest BCUT2D eigenvalue weighted by atomic mass is 10.2. The van der Waals surface area contributed by atoms with E-state index in [0.29, 0.717) is 5.16 Å². The lowest BCUT2D eigenvalue weighted by molar-refractivity contribution is -0.122. The van der Waals surface area contributed by atoms with Gasteiger partial charge in [-0.25, -0.2) is 0 Å². The van der Waals surface area contributed by atoms with Gasteiger partial charge in [-0.05, 0) is 42.8 Å². The van der Waals surface area contributed by atoms with Crippen LogP contribution in [0, 0.1) is 6.92 Å². The highest BCUT2D eigenvalue weighted by molar-refractivity contribution is 9.10. The van der Waals surface area contributed by atoms with E-state index in [1.807, 2.05) is 49.5 Å². The largest absolute Gasteiger partial charge is 0.346 e. The summed E-state index contributed by atoms with van der Waals surface area (Å²) < 4.78 is 2.75. The fraction of sp³-hybridized carbons (Fsp3) is 0.176. The van der Waals surface area contributed by atoms with Crippen molar-refractivity contribution in [1.29, 1.82) is 0 Å². The molecule has 0 bridgehead atoms. The first-order chi connectivity index (χ1) is 12.5. The molecule has 3 aromatic rings. The molecule has 9 heteroatoms. The minimum atomic E-state index is -0.276. The lowest BCUT2D eigenvalue weighted by Crippen LogP contribution is -2.34. The number of pyridine rings is 1. The number of nitrogens with one attached hydrogen (secondary N) is 2. The van der Waals surface area contributed by atoms with Crippen molar-refractivity contribution in [2.75, 3.05) is 17.6 Å². The van der Waals surface area contributed by atoms with E-state index >= 15 is 0 Å². The van der Waals surface area contributed by atoms with Crippen molar-refractivity contribution in [3.8, 4) is 0 Å². The highest BCUT2D eigenvalue weighted by Gasteiger charge is 2.11. The highest BCUT2D eigenvalue weighted by atomic mass is 79.9. The topological polar surface area (TPSA) is 88.4 Å². The van der Waals surface area contributed by atoms with Crippen LogP contribution in [-0.4, -0.2) is 38.7 Å². The third-order valence-electron chi connectivity index (χ3n) is 3.52. The average molecular weight is 434 g/mol. The highest BCUT2D eigenvalue weighted by Crippen LogP contribution is 2.20. The maximum Gasteiger partial charge on any atom is 0.243 e. The van der Waals surface area contributed by atoms with E-state index < -0.39 is 0 Å². The van der Waals surface area contributed by atoms with Gasteiger partial charge < -0.3 is 10.6 Å². The van der Waals surface area contributed by atoms with Gasteiger partial charge in [0.15, 0.2) is 10.8 Å². The van der Waals surface area contributed by atoms with Crippen LogP contribution >= 0.6 is 27.7 Å². The Hall–Kier alpha value is -2.39. The summed E-state index contributed by atoms with van der Waals surface area (Å²) in [5, 5.41) is 14.1. The zero-order valence-electron chi connectivity index (χ0n) is 13.9. The Bertz CT molecular complexity index is 959. The maximum atomic E-state index is 12.0. The van der Waals surface area contributed by atoms with E-state index in [9.17, 15) is 9.59 Å². The van der Waals surface area contributed by atoms with E-state index in [-0.39, 0.29) is 24.1 Å². The Kier molecular flexibility index (Phi) is 5.89. The van der Waals surface area contributed by atoms with Gasteiger partial charge in [0.25, 0.3) is 0 Å². The number of hydrogen-bond acceptors (Lipinski definition) is 5. The summed E-state index contributed by atoms with van der Waals surface area (Å²) in [7, 11) is 0. The molecule has 2 amide bonds. The van der Waals surface area contributed by atoms with Crippen LogP contribution in [0.3, 0.4) is 0 Å². The quantitative estimate of drug-likeness (QED) is 0.583. The summed E-state index contributed by atoms with van der Waals surface area (Å²) in [6.07, 6.45) is 1.84. The van der Waals surface area contributed by atoms with Gasteiger partial charge in [-0.1, -0.05) is 33.8 Å². The number of fused-ring (bicyclic) bond motifs is 1. The van der Waals surface area contributed by atoms with Gasteiger partial charge in [-0.3, -0.25) is 14.0 Å². The summed E-state index contributed by atoms with van der Waals surface area (Å²) in [5.74, 6) is -0.368. The molecule has 2 heterocycles. The fourth-order valence-corrected chi connectivity index (χ4v) is 3.47. The molecule has 3 rings (SSSR count). The summed E-state index contributed by atoms with van der Waals surface area (Å²) >= 11 is 4.64. The number of carbonyl (C=O) groups excluding carboxylic acids is 2. The van der Waals surface area contributed by atoms with Crippen LogP contribution < -0.4 is 10.6 Å². The van der Waals surface area contributed by atoms with Crippen molar-refractivity contribution in [2.45, 2.75) is 12.1 Å². The molecule has 7 nitrogen and oxygen atoms in total. The average Bonchev–Trinajstić information content (AvgIpc) is 3.04.